The number of hydrogen-bond acceptors (Lipinski definition) is 7. The molecule has 1 aromatic rings. The second kappa shape index (κ2) is 4.79. The van der Waals surface area contributed by atoms with Crippen molar-refractivity contribution in [1.82, 2.24) is 10.2 Å². The SMILES string of the molecule is NS(=O)(=O)C1CC(=O)N(c2nnc(C3CCCO3)o2)C1. The molecule has 0 aliphatic carbocycles. The van der Waals surface area contributed by atoms with Crippen LogP contribution in [0.25, 0.3) is 0 Å². The minimum atomic E-state index is -3.76. The summed E-state index contributed by atoms with van der Waals surface area (Å²) in [4.78, 5) is 13.0. The predicted octanol–water partition coefficient (Wildman–Crippen LogP) is -0.685. The van der Waals surface area contributed by atoms with Crippen molar-refractivity contribution in [3.63, 3.8) is 0 Å². The number of rotatable bonds is 3. The first kappa shape index (κ1) is 13.5. The highest BCUT2D eigenvalue weighted by Crippen LogP contribution is 2.30. The van der Waals surface area contributed by atoms with E-state index in [1.807, 2.05) is 0 Å². The Kier molecular flexibility index (Phi) is 3.22. The molecule has 2 fully saturated rings. The molecule has 3 heterocycles. The zero-order valence-electron chi connectivity index (χ0n) is 10.6. The van der Waals surface area contributed by atoms with Crippen molar-refractivity contribution in [3.8, 4) is 0 Å². The molecule has 2 aliphatic rings. The van der Waals surface area contributed by atoms with Crippen LogP contribution in [-0.4, -0.2) is 42.9 Å². The van der Waals surface area contributed by atoms with E-state index in [-0.39, 0.29) is 25.1 Å². The lowest BCUT2D eigenvalue weighted by Gasteiger charge is -2.10. The third-order valence-electron chi connectivity index (χ3n) is 3.42. The Morgan fingerprint density at radius 3 is 2.75 bits per heavy atom. The Balaban J connectivity index is 1.78. The quantitative estimate of drug-likeness (QED) is 0.782. The van der Waals surface area contributed by atoms with Crippen LogP contribution in [0.4, 0.5) is 6.01 Å². The van der Waals surface area contributed by atoms with Crippen LogP contribution in [0.5, 0.6) is 0 Å². The van der Waals surface area contributed by atoms with Crippen molar-refractivity contribution in [2.75, 3.05) is 18.1 Å². The number of nitrogens with two attached hydrogens (primary N) is 1. The fraction of sp³-hybridized carbons (Fsp3) is 0.700. The standard InChI is InChI=1S/C10H14N4O5S/c11-20(16,17)6-4-8(15)14(5-6)10-13-12-9(19-10)7-2-1-3-18-7/h6-7H,1-5H2,(H2,11,16,17). The molecule has 0 radical (unpaired) electrons. The van der Waals surface area contributed by atoms with Crippen LogP contribution in [0.1, 0.15) is 31.3 Å². The third-order valence-corrected chi connectivity index (χ3v) is 4.67. The third kappa shape index (κ3) is 2.41. The van der Waals surface area contributed by atoms with Crippen LogP contribution in [0.3, 0.4) is 0 Å². The topological polar surface area (TPSA) is 129 Å². The predicted molar refractivity (Wildman–Crippen MR) is 66.1 cm³/mol. The number of amides is 1. The van der Waals surface area contributed by atoms with Gasteiger partial charge in [-0.25, -0.2) is 13.6 Å². The van der Waals surface area contributed by atoms with Crippen molar-refractivity contribution in [1.29, 1.82) is 0 Å². The van der Waals surface area contributed by atoms with Crippen LogP contribution in [0, 0.1) is 0 Å². The summed E-state index contributed by atoms with van der Waals surface area (Å²) in [5.74, 6) is -0.0871. The van der Waals surface area contributed by atoms with Gasteiger partial charge in [-0.05, 0) is 12.8 Å². The minimum absolute atomic E-state index is 0.00773. The van der Waals surface area contributed by atoms with Gasteiger partial charge in [0.25, 0.3) is 0 Å². The number of carbonyl (C=O) groups excluding carboxylic acids is 1. The maximum atomic E-state index is 11.8. The Hall–Kier alpha value is -1.52. The summed E-state index contributed by atoms with van der Waals surface area (Å²) in [6.07, 6.45) is 1.28. The first-order chi connectivity index (χ1) is 9.45. The fourth-order valence-electron chi connectivity index (χ4n) is 2.32. The van der Waals surface area contributed by atoms with Gasteiger partial charge in [-0.2, -0.15) is 0 Å². The van der Waals surface area contributed by atoms with Gasteiger partial charge in [0.2, 0.25) is 21.8 Å². The molecule has 2 unspecified atom stereocenters. The lowest BCUT2D eigenvalue weighted by molar-refractivity contribution is -0.117. The van der Waals surface area contributed by atoms with Gasteiger partial charge in [0.15, 0.2) is 0 Å². The largest absolute Gasteiger partial charge is 0.405 e. The number of primary sulfonamides is 1. The summed E-state index contributed by atoms with van der Waals surface area (Å²) in [5, 5.41) is 11.7. The van der Waals surface area contributed by atoms with Crippen molar-refractivity contribution >= 4 is 21.9 Å². The van der Waals surface area contributed by atoms with E-state index in [9.17, 15) is 13.2 Å². The number of aromatic nitrogens is 2. The van der Waals surface area contributed by atoms with Crippen LogP contribution >= 0.6 is 0 Å². The number of hydrogen-bond donors (Lipinski definition) is 1. The minimum Gasteiger partial charge on any atom is -0.405 e. The first-order valence-electron chi connectivity index (χ1n) is 6.22. The second-order valence-corrected chi connectivity index (χ2v) is 6.69. The van der Waals surface area contributed by atoms with Crippen molar-refractivity contribution in [2.24, 2.45) is 5.14 Å². The van der Waals surface area contributed by atoms with E-state index in [1.165, 1.54) is 0 Å². The fourth-order valence-corrected chi connectivity index (χ4v) is 3.05. The summed E-state index contributed by atoms with van der Waals surface area (Å²) < 4.78 is 33.4. The normalized spacial score (nSPS) is 27.4. The summed E-state index contributed by atoms with van der Waals surface area (Å²) in [5.41, 5.74) is 0. The molecule has 3 rings (SSSR count). The molecule has 2 aliphatic heterocycles. The van der Waals surface area contributed by atoms with Crippen LogP contribution in [-0.2, 0) is 19.6 Å². The zero-order chi connectivity index (χ0) is 14.3. The van der Waals surface area contributed by atoms with Crippen molar-refractivity contribution < 1.29 is 22.4 Å². The van der Waals surface area contributed by atoms with Crippen LogP contribution < -0.4 is 10.0 Å². The van der Waals surface area contributed by atoms with Gasteiger partial charge in [-0.15, -0.1) is 5.10 Å². The highest BCUT2D eigenvalue weighted by atomic mass is 32.2. The Labute approximate surface area is 115 Å². The van der Waals surface area contributed by atoms with Crippen molar-refractivity contribution in [3.05, 3.63) is 5.89 Å². The molecular formula is C10H14N4O5S. The zero-order valence-corrected chi connectivity index (χ0v) is 11.4. The molecule has 2 saturated heterocycles. The lowest BCUT2D eigenvalue weighted by Crippen LogP contribution is -2.32. The molecule has 1 amide bonds. The number of nitrogens with zero attached hydrogens (tertiary/aromatic N) is 3. The lowest BCUT2D eigenvalue weighted by atomic mass is 10.2. The highest BCUT2D eigenvalue weighted by Gasteiger charge is 2.40. The van der Waals surface area contributed by atoms with Gasteiger partial charge in [-0.3, -0.25) is 9.69 Å². The monoisotopic (exact) mass is 302 g/mol. The highest BCUT2D eigenvalue weighted by molar-refractivity contribution is 7.89. The Morgan fingerprint density at radius 1 is 1.35 bits per heavy atom. The van der Waals surface area contributed by atoms with E-state index in [1.54, 1.807) is 0 Å². The number of carbonyl (C=O) groups is 1. The molecule has 1 aromatic heterocycles. The molecule has 2 N–H and O–H groups in total. The molecule has 0 saturated carbocycles. The number of ether oxygens (including phenoxy) is 1. The molecule has 2 atom stereocenters. The van der Waals surface area contributed by atoms with Gasteiger partial charge >= 0.3 is 6.01 Å². The molecule has 20 heavy (non-hydrogen) atoms. The average molecular weight is 302 g/mol. The molecule has 9 nitrogen and oxygen atoms in total. The molecule has 10 heteroatoms. The van der Waals surface area contributed by atoms with E-state index in [0.717, 1.165) is 17.7 Å². The van der Waals surface area contributed by atoms with Crippen LogP contribution in [0.2, 0.25) is 0 Å². The van der Waals surface area contributed by atoms with Crippen molar-refractivity contribution in [2.45, 2.75) is 30.6 Å². The van der Waals surface area contributed by atoms with E-state index in [0.29, 0.717) is 12.5 Å². The maximum absolute atomic E-state index is 11.8. The van der Waals surface area contributed by atoms with Crippen LogP contribution in [0.15, 0.2) is 4.42 Å². The maximum Gasteiger partial charge on any atom is 0.325 e. The summed E-state index contributed by atoms with van der Waals surface area (Å²) in [6, 6.07) is -0.00773. The Bertz CT molecular complexity index is 621. The molecular weight excluding hydrogens is 288 g/mol. The summed E-state index contributed by atoms with van der Waals surface area (Å²) in [7, 11) is -3.76. The molecule has 0 bridgehead atoms. The summed E-state index contributed by atoms with van der Waals surface area (Å²) >= 11 is 0. The van der Waals surface area contributed by atoms with Gasteiger partial charge in [0.05, 0.1) is 0 Å². The summed E-state index contributed by atoms with van der Waals surface area (Å²) in [6.45, 7) is 0.573. The average Bonchev–Trinajstić information content (AvgIpc) is 3.06. The first-order valence-corrected chi connectivity index (χ1v) is 7.83. The molecule has 110 valence electrons. The Morgan fingerprint density at radius 2 is 2.15 bits per heavy atom. The second-order valence-electron chi connectivity index (χ2n) is 4.84. The smallest absolute Gasteiger partial charge is 0.325 e. The van der Waals surface area contributed by atoms with E-state index >= 15 is 0 Å². The van der Waals surface area contributed by atoms with E-state index < -0.39 is 21.2 Å². The van der Waals surface area contributed by atoms with E-state index in [4.69, 9.17) is 14.3 Å². The molecule has 0 spiro atoms. The number of anilines is 1. The van der Waals surface area contributed by atoms with Gasteiger partial charge in [-0.1, -0.05) is 5.10 Å². The van der Waals surface area contributed by atoms with Gasteiger partial charge < -0.3 is 9.15 Å². The van der Waals surface area contributed by atoms with Gasteiger partial charge in [0, 0.05) is 19.6 Å². The number of sulfonamides is 1. The molecule has 0 aromatic carbocycles. The van der Waals surface area contributed by atoms with E-state index in [2.05, 4.69) is 10.2 Å². The van der Waals surface area contributed by atoms with Gasteiger partial charge in [0.1, 0.15) is 11.4 Å².